The van der Waals surface area contributed by atoms with Crippen LogP contribution in [-0.2, 0) is 22.6 Å². The molecule has 0 radical (unpaired) electrons. The maximum Gasteiger partial charge on any atom is 0.243 e. The Kier molecular flexibility index (Phi) is 8.54. The highest BCUT2D eigenvalue weighted by molar-refractivity contribution is 6.35. The summed E-state index contributed by atoms with van der Waals surface area (Å²) in [5.41, 5.74) is 2.78. The minimum atomic E-state index is -0.559. The van der Waals surface area contributed by atoms with Gasteiger partial charge in [0.25, 0.3) is 0 Å². The van der Waals surface area contributed by atoms with Crippen LogP contribution in [0.25, 0.3) is 0 Å². The van der Waals surface area contributed by atoms with Gasteiger partial charge >= 0.3 is 0 Å². The number of nitrogens with one attached hydrogen (secondary N) is 1. The van der Waals surface area contributed by atoms with Crippen LogP contribution in [0.4, 0.5) is 0 Å². The van der Waals surface area contributed by atoms with Gasteiger partial charge in [0.15, 0.2) is 0 Å². The second kappa shape index (κ2) is 10.7. The van der Waals surface area contributed by atoms with E-state index in [2.05, 4.69) is 5.32 Å². The molecule has 0 aromatic heterocycles. The van der Waals surface area contributed by atoms with Crippen LogP contribution in [0, 0.1) is 6.92 Å². The molecule has 0 aliphatic rings. The fraction of sp³-hybridized carbons (Fsp3) is 0.391. The van der Waals surface area contributed by atoms with Crippen LogP contribution in [-0.4, -0.2) is 28.8 Å². The summed E-state index contributed by atoms with van der Waals surface area (Å²) in [6, 6.07) is 12.5. The Morgan fingerprint density at radius 2 is 1.83 bits per heavy atom. The van der Waals surface area contributed by atoms with Crippen molar-refractivity contribution in [2.45, 2.75) is 59.2 Å². The van der Waals surface area contributed by atoms with E-state index >= 15 is 0 Å². The fourth-order valence-electron chi connectivity index (χ4n) is 3.24. The SMILES string of the molecule is CC[C@H](C(=O)NC(C)C)N(Cc1cccc(C)c1)C(=O)Cc1ccc(Cl)cc1Cl. The van der Waals surface area contributed by atoms with Gasteiger partial charge in [-0.05, 0) is 50.5 Å². The van der Waals surface area contributed by atoms with Crippen molar-refractivity contribution in [2.24, 2.45) is 0 Å². The minimum absolute atomic E-state index is 0.00168. The smallest absolute Gasteiger partial charge is 0.243 e. The predicted octanol–water partition coefficient (Wildman–Crippen LogP) is 5.18. The van der Waals surface area contributed by atoms with E-state index in [1.165, 1.54) is 0 Å². The lowest BCUT2D eigenvalue weighted by Gasteiger charge is -2.31. The molecule has 29 heavy (non-hydrogen) atoms. The van der Waals surface area contributed by atoms with Gasteiger partial charge in [0.05, 0.1) is 6.42 Å². The first-order valence-electron chi connectivity index (χ1n) is 9.80. The first-order chi connectivity index (χ1) is 13.7. The van der Waals surface area contributed by atoms with E-state index in [1.54, 1.807) is 23.1 Å². The molecular formula is C23H28Cl2N2O2. The summed E-state index contributed by atoms with van der Waals surface area (Å²) in [6.45, 7) is 8.09. The van der Waals surface area contributed by atoms with E-state index in [4.69, 9.17) is 23.2 Å². The number of hydrogen-bond donors (Lipinski definition) is 1. The van der Waals surface area contributed by atoms with Gasteiger partial charge in [0.2, 0.25) is 11.8 Å². The first kappa shape index (κ1) is 23.2. The summed E-state index contributed by atoms with van der Waals surface area (Å²) >= 11 is 12.2. The summed E-state index contributed by atoms with van der Waals surface area (Å²) < 4.78 is 0. The van der Waals surface area contributed by atoms with Crippen molar-refractivity contribution in [3.63, 3.8) is 0 Å². The third-order valence-corrected chi connectivity index (χ3v) is 5.20. The lowest BCUT2D eigenvalue weighted by atomic mass is 10.1. The number of rotatable bonds is 8. The number of halogens is 2. The molecule has 1 atom stereocenters. The molecule has 1 N–H and O–H groups in total. The van der Waals surface area contributed by atoms with E-state index in [9.17, 15) is 9.59 Å². The van der Waals surface area contributed by atoms with Gasteiger partial charge in [-0.1, -0.05) is 66.0 Å². The number of carbonyl (C=O) groups excluding carboxylic acids is 2. The van der Waals surface area contributed by atoms with E-state index in [1.807, 2.05) is 52.0 Å². The number of aryl methyl sites for hydroxylation is 1. The fourth-order valence-corrected chi connectivity index (χ4v) is 3.71. The molecule has 4 nitrogen and oxygen atoms in total. The Morgan fingerprint density at radius 1 is 1.10 bits per heavy atom. The second-order valence-electron chi connectivity index (χ2n) is 7.51. The lowest BCUT2D eigenvalue weighted by Crippen LogP contribution is -2.50. The van der Waals surface area contributed by atoms with Crippen LogP contribution in [0.15, 0.2) is 42.5 Å². The van der Waals surface area contributed by atoms with Gasteiger partial charge in [-0.25, -0.2) is 0 Å². The van der Waals surface area contributed by atoms with Crippen molar-refractivity contribution in [1.82, 2.24) is 10.2 Å². The maximum absolute atomic E-state index is 13.3. The summed E-state index contributed by atoms with van der Waals surface area (Å²) in [5, 5.41) is 3.90. The molecule has 0 bridgehead atoms. The molecule has 0 unspecified atom stereocenters. The zero-order valence-corrected chi connectivity index (χ0v) is 18.8. The Balaban J connectivity index is 2.33. The Morgan fingerprint density at radius 3 is 2.41 bits per heavy atom. The van der Waals surface area contributed by atoms with Crippen molar-refractivity contribution in [3.8, 4) is 0 Å². The predicted molar refractivity (Wildman–Crippen MR) is 119 cm³/mol. The molecule has 6 heteroatoms. The molecule has 0 fully saturated rings. The highest BCUT2D eigenvalue weighted by atomic mass is 35.5. The van der Waals surface area contributed by atoms with Gasteiger partial charge < -0.3 is 10.2 Å². The molecule has 0 saturated carbocycles. The van der Waals surface area contributed by atoms with Gasteiger partial charge in [-0.2, -0.15) is 0 Å². The molecule has 0 aliphatic heterocycles. The Bertz CT molecular complexity index is 868. The summed E-state index contributed by atoms with van der Waals surface area (Å²) in [5.74, 6) is -0.299. The Labute approximate surface area is 183 Å². The monoisotopic (exact) mass is 434 g/mol. The molecule has 0 saturated heterocycles. The third-order valence-electron chi connectivity index (χ3n) is 4.61. The van der Waals surface area contributed by atoms with Gasteiger partial charge in [-0.3, -0.25) is 9.59 Å². The average molecular weight is 435 g/mol. The van der Waals surface area contributed by atoms with E-state index in [0.29, 0.717) is 28.6 Å². The number of nitrogens with zero attached hydrogens (tertiary/aromatic N) is 1. The van der Waals surface area contributed by atoms with Gasteiger partial charge in [0.1, 0.15) is 6.04 Å². The quantitative estimate of drug-likeness (QED) is 0.622. The second-order valence-corrected chi connectivity index (χ2v) is 8.35. The zero-order valence-electron chi connectivity index (χ0n) is 17.3. The largest absolute Gasteiger partial charge is 0.352 e. The molecule has 0 spiro atoms. The average Bonchev–Trinajstić information content (AvgIpc) is 2.63. The molecule has 2 rings (SSSR count). The molecule has 2 aromatic rings. The highest BCUT2D eigenvalue weighted by Crippen LogP contribution is 2.23. The van der Waals surface area contributed by atoms with Gasteiger partial charge in [-0.15, -0.1) is 0 Å². The zero-order chi connectivity index (χ0) is 21.6. The van der Waals surface area contributed by atoms with E-state index < -0.39 is 6.04 Å². The number of amides is 2. The number of hydrogen-bond acceptors (Lipinski definition) is 2. The molecule has 0 heterocycles. The highest BCUT2D eigenvalue weighted by Gasteiger charge is 2.29. The van der Waals surface area contributed by atoms with Crippen LogP contribution in [0.1, 0.15) is 43.9 Å². The topological polar surface area (TPSA) is 49.4 Å². The van der Waals surface area contributed by atoms with E-state index in [-0.39, 0.29) is 24.3 Å². The Hall–Kier alpha value is -2.04. The van der Waals surface area contributed by atoms with Gasteiger partial charge in [0, 0.05) is 22.6 Å². The van der Waals surface area contributed by atoms with Crippen LogP contribution in [0.2, 0.25) is 10.0 Å². The standard InChI is InChI=1S/C23H28Cl2N2O2/c1-5-21(23(29)26-15(2)3)27(14-17-8-6-7-16(4)11-17)22(28)12-18-9-10-19(24)13-20(18)25/h6-11,13,15,21H,5,12,14H2,1-4H3,(H,26,29)/t21-/m1/s1. The van der Waals surface area contributed by atoms with Crippen molar-refractivity contribution in [2.75, 3.05) is 0 Å². The summed E-state index contributed by atoms with van der Waals surface area (Å²) in [6.07, 6.45) is 0.623. The molecule has 2 amide bonds. The summed E-state index contributed by atoms with van der Waals surface area (Å²) in [7, 11) is 0. The third kappa shape index (κ3) is 6.76. The normalized spacial score (nSPS) is 12.0. The van der Waals surface area contributed by atoms with Crippen LogP contribution in [0.5, 0.6) is 0 Å². The molecule has 156 valence electrons. The van der Waals surface area contributed by atoms with Crippen LogP contribution < -0.4 is 5.32 Å². The first-order valence-corrected chi connectivity index (χ1v) is 10.6. The summed E-state index contributed by atoms with van der Waals surface area (Å²) in [4.78, 5) is 27.7. The maximum atomic E-state index is 13.3. The minimum Gasteiger partial charge on any atom is -0.352 e. The van der Waals surface area contributed by atoms with Crippen molar-refractivity contribution in [1.29, 1.82) is 0 Å². The number of carbonyl (C=O) groups is 2. The van der Waals surface area contributed by atoms with Crippen molar-refractivity contribution >= 4 is 35.0 Å². The van der Waals surface area contributed by atoms with Crippen LogP contribution in [0.3, 0.4) is 0 Å². The molecular weight excluding hydrogens is 407 g/mol. The number of benzene rings is 2. The van der Waals surface area contributed by atoms with Crippen LogP contribution >= 0.6 is 23.2 Å². The molecule has 2 aromatic carbocycles. The van der Waals surface area contributed by atoms with Crippen molar-refractivity contribution < 1.29 is 9.59 Å². The lowest BCUT2D eigenvalue weighted by molar-refractivity contribution is -0.141. The van der Waals surface area contributed by atoms with E-state index in [0.717, 1.165) is 11.1 Å². The van der Waals surface area contributed by atoms with Crippen molar-refractivity contribution in [3.05, 3.63) is 69.2 Å². The molecule has 0 aliphatic carbocycles.